The third kappa shape index (κ3) is 5.86. The maximum atomic E-state index is 10.9. The van der Waals surface area contributed by atoms with Crippen molar-refractivity contribution < 1.29 is 9.53 Å². The Bertz CT molecular complexity index is 537. The molecule has 1 aliphatic carbocycles. The molecule has 0 heterocycles. The molecule has 106 valence electrons. The van der Waals surface area contributed by atoms with E-state index in [0.29, 0.717) is 5.41 Å². The van der Waals surface area contributed by atoms with Gasteiger partial charge < -0.3 is 4.74 Å². The molecule has 0 saturated heterocycles. The highest BCUT2D eigenvalue weighted by molar-refractivity contribution is 5.88. The van der Waals surface area contributed by atoms with Crippen molar-refractivity contribution in [2.75, 3.05) is 6.61 Å². The summed E-state index contributed by atoms with van der Waals surface area (Å²) in [6.45, 7) is 8.44. The fraction of sp³-hybridized carbons (Fsp3) is 0.611. The van der Waals surface area contributed by atoms with E-state index < -0.39 is 5.97 Å². The highest BCUT2D eigenvalue weighted by Gasteiger charge is 2.35. The maximum Gasteiger partial charge on any atom is 0.385 e. The minimum absolute atomic E-state index is 0.0460. The molecule has 0 bridgehead atoms. The van der Waals surface area contributed by atoms with Gasteiger partial charge in [-0.25, -0.2) is 4.79 Å². The lowest BCUT2D eigenvalue weighted by Gasteiger charge is -2.39. The summed E-state index contributed by atoms with van der Waals surface area (Å²) in [6.07, 6.45) is 4.73. The SMILES string of the molecule is CC#CC(=O)OCC#CC#C[C@@]1(C)CCCC(C)(C)C1. The van der Waals surface area contributed by atoms with E-state index in [9.17, 15) is 4.79 Å². The van der Waals surface area contributed by atoms with Gasteiger partial charge in [0.15, 0.2) is 6.61 Å². The Kier molecular flexibility index (Phi) is 5.73. The Morgan fingerprint density at radius 2 is 1.95 bits per heavy atom. The van der Waals surface area contributed by atoms with Gasteiger partial charge in [-0.3, -0.25) is 0 Å². The van der Waals surface area contributed by atoms with Crippen LogP contribution in [0.4, 0.5) is 0 Å². The molecule has 1 rings (SSSR count). The second-order valence-corrected chi connectivity index (χ2v) is 6.26. The van der Waals surface area contributed by atoms with Gasteiger partial charge in [-0.1, -0.05) is 32.1 Å². The highest BCUT2D eigenvalue weighted by atomic mass is 16.5. The summed E-state index contributed by atoms with van der Waals surface area (Å²) >= 11 is 0. The number of carbonyl (C=O) groups excluding carboxylic acids is 1. The topological polar surface area (TPSA) is 26.3 Å². The predicted molar refractivity (Wildman–Crippen MR) is 80.3 cm³/mol. The molecule has 2 nitrogen and oxygen atoms in total. The van der Waals surface area contributed by atoms with E-state index in [-0.39, 0.29) is 12.0 Å². The van der Waals surface area contributed by atoms with Crippen LogP contribution in [0.25, 0.3) is 0 Å². The first kappa shape index (κ1) is 16.2. The van der Waals surface area contributed by atoms with Crippen LogP contribution in [0, 0.1) is 46.4 Å². The second kappa shape index (κ2) is 7.07. The van der Waals surface area contributed by atoms with Crippen LogP contribution in [-0.4, -0.2) is 12.6 Å². The summed E-state index contributed by atoms with van der Waals surface area (Å²) in [5, 5.41) is 0. The first-order valence-electron chi connectivity index (χ1n) is 6.96. The number of ether oxygens (including phenoxy) is 1. The van der Waals surface area contributed by atoms with Crippen LogP contribution >= 0.6 is 0 Å². The van der Waals surface area contributed by atoms with Crippen molar-refractivity contribution in [3.63, 3.8) is 0 Å². The van der Waals surface area contributed by atoms with E-state index in [2.05, 4.69) is 56.3 Å². The zero-order valence-electron chi connectivity index (χ0n) is 12.9. The molecule has 0 unspecified atom stereocenters. The van der Waals surface area contributed by atoms with Crippen LogP contribution in [-0.2, 0) is 9.53 Å². The smallest absolute Gasteiger partial charge is 0.385 e. The Morgan fingerprint density at radius 1 is 1.20 bits per heavy atom. The summed E-state index contributed by atoms with van der Waals surface area (Å²) in [5.74, 6) is 15.9. The van der Waals surface area contributed by atoms with Crippen LogP contribution < -0.4 is 0 Å². The average molecular weight is 270 g/mol. The van der Waals surface area contributed by atoms with Crippen LogP contribution in [0.2, 0.25) is 0 Å². The van der Waals surface area contributed by atoms with Gasteiger partial charge in [0, 0.05) is 11.3 Å². The largest absolute Gasteiger partial charge is 0.443 e. The molecule has 0 radical (unpaired) electrons. The summed E-state index contributed by atoms with van der Waals surface area (Å²) in [7, 11) is 0. The maximum absolute atomic E-state index is 10.9. The summed E-state index contributed by atoms with van der Waals surface area (Å²) < 4.78 is 4.78. The number of esters is 1. The Labute approximate surface area is 122 Å². The minimum Gasteiger partial charge on any atom is -0.443 e. The van der Waals surface area contributed by atoms with Gasteiger partial charge in [0.2, 0.25) is 0 Å². The van der Waals surface area contributed by atoms with Gasteiger partial charge in [-0.2, -0.15) is 0 Å². The zero-order chi connectivity index (χ0) is 15.1. The fourth-order valence-corrected chi connectivity index (χ4v) is 2.80. The van der Waals surface area contributed by atoms with E-state index in [1.54, 1.807) is 6.92 Å². The van der Waals surface area contributed by atoms with Gasteiger partial charge in [-0.05, 0) is 56.3 Å². The molecule has 0 aromatic carbocycles. The molecular formula is C18H22O2. The van der Waals surface area contributed by atoms with Gasteiger partial charge in [0.1, 0.15) is 0 Å². The Hall–Kier alpha value is -1.85. The van der Waals surface area contributed by atoms with E-state index in [0.717, 1.165) is 12.8 Å². The number of hydrogen-bond donors (Lipinski definition) is 0. The second-order valence-electron chi connectivity index (χ2n) is 6.26. The molecule has 1 atom stereocenters. The third-order valence-corrected chi connectivity index (χ3v) is 3.47. The van der Waals surface area contributed by atoms with Crippen molar-refractivity contribution in [1.82, 2.24) is 0 Å². The van der Waals surface area contributed by atoms with Gasteiger partial charge in [-0.15, -0.1) is 0 Å². The monoisotopic (exact) mass is 270 g/mol. The van der Waals surface area contributed by atoms with Crippen molar-refractivity contribution in [3.8, 4) is 35.5 Å². The number of carbonyl (C=O) groups is 1. The molecule has 1 saturated carbocycles. The van der Waals surface area contributed by atoms with Crippen LogP contribution in [0.15, 0.2) is 0 Å². The molecule has 2 heteroatoms. The van der Waals surface area contributed by atoms with E-state index in [1.807, 2.05) is 0 Å². The molecule has 0 amide bonds. The fourth-order valence-electron chi connectivity index (χ4n) is 2.80. The van der Waals surface area contributed by atoms with E-state index >= 15 is 0 Å². The van der Waals surface area contributed by atoms with E-state index in [4.69, 9.17) is 4.74 Å². The predicted octanol–water partition coefficient (Wildman–Crippen LogP) is 3.17. The van der Waals surface area contributed by atoms with Crippen molar-refractivity contribution in [2.45, 2.75) is 53.4 Å². The van der Waals surface area contributed by atoms with Crippen LogP contribution in [0.3, 0.4) is 0 Å². The number of rotatable bonds is 1. The molecule has 20 heavy (non-hydrogen) atoms. The first-order chi connectivity index (χ1) is 9.37. The summed E-state index contributed by atoms with van der Waals surface area (Å²) in [4.78, 5) is 10.9. The average Bonchev–Trinajstić information content (AvgIpc) is 2.32. The molecule has 0 spiro atoms. The molecule has 1 fully saturated rings. The molecule has 0 N–H and O–H groups in total. The van der Waals surface area contributed by atoms with E-state index in [1.165, 1.54) is 12.8 Å². The quantitative estimate of drug-likeness (QED) is 0.415. The van der Waals surface area contributed by atoms with Gasteiger partial charge >= 0.3 is 5.97 Å². The first-order valence-corrected chi connectivity index (χ1v) is 6.96. The van der Waals surface area contributed by atoms with Crippen LogP contribution in [0.1, 0.15) is 53.4 Å². The minimum atomic E-state index is -0.546. The van der Waals surface area contributed by atoms with Gasteiger partial charge in [0.25, 0.3) is 0 Å². The molecule has 0 aliphatic heterocycles. The number of hydrogen-bond acceptors (Lipinski definition) is 2. The van der Waals surface area contributed by atoms with Crippen molar-refractivity contribution in [3.05, 3.63) is 0 Å². The lowest BCUT2D eigenvalue weighted by Crippen LogP contribution is -2.29. The molecule has 1 aliphatic rings. The lowest BCUT2D eigenvalue weighted by molar-refractivity contribution is -0.135. The third-order valence-electron chi connectivity index (χ3n) is 3.47. The molecule has 0 aromatic rings. The van der Waals surface area contributed by atoms with Gasteiger partial charge in [0.05, 0.1) is 0 Å². The summed E-state index contributed by atoms with van der Waals surface area (Å²) in [5.41, 5.74) is 0.421. The zero-order valence-corrected chi connectivity index (χ0v) is 12.9. The Balaban J connectivity index is 2.49. The lowest BCUT2D eigenvalue weighted by atomic mass is 9.65. The molecule has 0 aromatic heterocycles. The summed E-state index contributed by atoms with van der Waals surface area (Å²) in [6, 6.07) is 0. The standard InChI is InChI=1S/C18H22O2/c1-5-10-16(19)20-14-8-6-7-12-18(4)13-9-11-17(2,3)15-18/h9,11,13-15H2,1-4H3/t18-/m0/s1. The van der Waals surface area contributed by atoms with Crippen molar-refractivity contribution in [2.24, 2.45) is 10.8 Å². The van der Waals surface area contributed by atoms with Crippen molar-refractivity contribution >= 4 is 5.97 Å². The van der Waals surface area contributed by atoms with Crippen LogP contribution in [0.5, 0.6) is 0 Å². The van der Waals surface area contributed by atoms with Crippen molar-refractivity contribution in [1.29, 1.82) is 0 Å². The highest BCUT2D eigenvalue weighted by Crippen LogP contribution is 2.45. The normalized spacial score (nSPS) is 23.0. The molecular weight excluding hydrogens is 248 g/mol. The Morgan fingerprint density at radius 3 is 2.60 bits per heavy atom.